The zero-order valence-corrected chi connectivity index (χ0v) is 21.1. The minimum atomic E-state index is -3.20. The van der Waals surface area contributed by atoms with Gasteiger partial charge in [0.1, 0.15) is 12.2 Å². The van der Waals surface area contributed by atoms with E-state index in [1.807, 2.05) is 16.8 Å². The number of hydrogen-bond acceptors (Lipinski definition) is 6. The lowest BCUT2D eigenvalue weighted by molar-refractivity contribution is 0.0899. The molecule has 178 valence electrons. The molecule has 2 amide bonds. The summed E-state index contributed by atoms with van der Waals surface area (Å²) in [5.41, 5.74) is 1.37. The maximum Gasteiger partial charge on any atom is 0.320 e. The number of nitrogens with zero attached hydrogens (tertiary/aromatic N) is 4. The normalized spacial score (nSPS) is 18.1. The molecule has 32 heavy (non-hydrogen) atoms. The fourth-order valence-electron chi connectivity index (χ4n) is 3.56. The van der Waals surface area contributed by atoms with Crippen LogP contribution in [0.15, 0.2) is 18.5 Å². The molecular weight excluding hydrogens is 448 g/mol. The highest BCUT2D eigenvalue weighted by atomic mass is 32.2. The van der Waals surface area contributed by atoms with E-state index in [1.54, 1.807) is 0 Å². The van der Waals surface area contributed by atoms with Gasteiger partial charge in [-0.25, -0.2) is 27.5 Å². The maximum absolute atomic E-state index is 12.3. The van der Waals surface area contributed by atoms with Crippen molar-refractivity contribution in [2.75, 3.05) is 37.8 Å². The van der Waals surface area contributed by atoms with E-state index in [9.17, 15) is 13.2 Å². The lowest BCUT2D eigenvalue weighted by Gasteiger charge is -2.30. The third-order valence-electron chi connectivity index (χ3n) is 5.43. The lowest BCUT2D eigenvalue weighted by Crippen LogP contribution is -2.43. The number of amides is 2. The largest absolute Gasteiger partial charge is 0.361 e. The molecule has 1 atom stereocenters. The van der Waals surface area contributed by atoms with Crippen LogP contribution in [0.5, 0.6) is 0 Å². The highest BCUT2D eigenvalue weighted by Gasteiger charge is 2.26. The smallest absolute Gasteiger partial charge is 0.320 e. The Morgan fingerprint density at radius 1 is 1.34 bits per heavy atom. The molecule has 3 rings (SSSR count). The molecule has 1 saturated heterocycles. The summed E-state index contributed by atoms with van der Waals surface area (Å²) in [5, 5.41) is 5.51. The van der Waals surface area contributed by atoms with Crippen LogP contribution in [0, 0.1) is 5.92 Å². The molecule has 1 aliphatic rings. The van der Waals surface area contributed by atoms with E-state index in [0.29, 0.717) is 43.3 Å². The predicted octanol–water partition coefficient (Wildman–Crippen LogP) is 2.54. The summed E-state index contributed by atoms with van der Waals surface area (Å²) in [7, 11) is -4.33. The molecule has 2 aromatic rings. The molecule has 0 saturated carbocycles. The fraction of sp³-hybridized carbons (Fsp3) is 0.650. The molecule has 1 unspecified atom stereocenters. The van der Waals surface area contributed by atoms with Crippen molar-refractivity contribution in [1.82, 2.24) is 24.2 Å². The van der Waals surface area contributed by atoms with Crippen molar-refractivity contribution < 1.29 is 17.9 Å². The van der Waals surface area contributed by atoms with Crippen molar-refractivity contribution in [2.24, 2.45) is 5.92 Å². The van der Waals surface area contributed by atoms with Crippen molar-refractivity contribution in [3.05, 3.63) is 18.5 Å². The van der Waals surface area contributed by atoms with E-state index >= 15 is 0 Å². The van der Waals surface area contributed by atoms with Gasteiger partial charge in [-0.1, -0.05) is 19.6 Å². The predicted molar refractivity (Wildman–Crippen MR) is 128 cm³/mol. The number of hydrogen-bond donors (Lipinski definition) is 2. The number of anilines is 1. The summed E-state index contributed by atoms with van der Waals surface area (Å²) in [5.74, 6) is 0.446. The topological polar surface area (TPSA) is 118 Å². The van der Waals surface area contributed by atoms with Crippen molar-refractivity contribution in [2.45, 2.75) is 45.3 Å². The number of rotatable bonds is 9. The Labute approximate surface area is 190 Å². The van der Waals surface area contributed by atoms with E-state index in [-0.39, 0.29) is 11.9 Å². The number of carbonyl (C=O) groups is 1. The Balaban J connectivity index is 1.49. The quantitative estimate of drug-likeness (QED) is 0.419. The SMILES string of the molecule is C[Si](C)(C)CCOCn1ccc2nc(NC(=O)NCC3CCCN(S(C)(=O)=O)C3)cnc21. The van der Waals surface area contributed by atoms with E-state index in [4.69, 9.17) is 4.74 Å². The maximum atomic E-state index is 12.3. The second kappa shape index (κ2) is 10.3. The summed E-state index contributed by atoms with van der Waals surface area (Å²) in [6, 6.07) is 2.56. The van der Waals surface area contributed by atoms with Crippen molar-refractivity contribution in [3.8, 4) is 0 Å². The summed E-state index contributed by atoms with van der Waals surface area (Å²) >= 11 is 0. The van der Waals surface area contributed by atoms with Gasteiger partial charge < -0.3 is 14.6 Å². The van der Waals surface area contributed by atoms with Gasteiger partial charge in [0.2, 0.25) is 10.0 Å². The molecule has 2 aromatic heterocycles. The minimum absolute atomic E-state index is 0.0905. The third kappa shape index (κ3) is 7.25. The number of nitrogens with one attached hydrogen (secondary N) is 2. The van der Waals surface area contributed by atoms with E-state index < -0.39 is 18.1 Å². The van der Waals surface area contributed by atoms with Crippen LogP contribution in [0.4, 0.5) is 10.6 Å². The van der Waals surface area contributed by atoms with Crippen LogP contribution in [-0.2, 0) is 21.5 Å². The molecule has 3 heterocycles. The van der Waals surface area contributed by atoms with Crippen LogP contribution < -0.4 is 10.6 Å². The fourth-order valence-corrected chi connectivity index (χ4v) is 5.26. The Kier molecular flexibility index (Phi) is 7.91. The lowest BCUT2D eigenvalue weighted by atomic mass is 10.00. The van der Waals surface area contributed by atoms with Crippen molar-refractivity contribution >= 4 is 41.1 Å². The molecule has 0 aromatic carbocycles. The zero-order valence-electron chi connectivity index (χ0n) is 19.3. The number of sulfonamides is 1. The summed E-state index contributed by atoms with van der Waals surface area (Å²) in [6.45, 7) is 9.47. The first-order valence-corrected chi connectivity index (χ1v) is 16.5. The van der Waals surface area contributed by atoms with Crippen LogP contribution in [0.25, 0.3) is 11.2 Å². The molecule has 0 radical (unpaired) electrons. The summed E-state index contributed by atoms with van der Waals surface area (Å²) in [6.07, 6.45) is 6.29. The van der Waals surface area contributed by atoms with Gasteiger partial charge in [0.25, 0.3) is 0 Å². The van der Waals surface area contributed by atoms with Gasteiger partial charge in [-0.2, -0.15) is 0 Å². The van der Waals surface area contributed by atoms with Crippen LogP contribution in [-0.4, -0.2) is 73.9 Å². The van der Waals surface area contributed by atoms with Gasteiger partial charge in [0, 0.05) is 40.5 Å². The van der Waals surface area contributed by atoms with Crippen molar-refractivity contribution in [3.63, 3.8) is 0 Å². The van der Waals surface area contributed by atoms with Gasteiger partial charge in [0.15, 0.2) is 11.5 Å². The second-order valence-electron chi connectivity index (χ2n) is 9.56. The van der Waals surface area contributed by atoms with Crippen molar-refractivity contribution in [1.29, 1.82) is 0 Å². The Bertz CT molecular complexity index is 1040. The number of fused-ring (bicyclic) bond motifs is 1. The Hall–Kier alpha value is -2.02. The molecule has 0 spiro atoms. The average Bonchev–Trinajstić information content (AvgIpc) is 3.11. The molecule has 0 aliphatic carbocycles. The highest BCUT2D eigenvalue weighted by Crippen LogP contribution is 2.18. The third-order valence-corrected chi connectivity index (χ3v) is 8.41. The van der Waals surface area contributed by atoms with Crippen LogP contribution in [0.2, 0.25) is 25.7 Å². The Morgan fingerprint density at radius 3 is 2.84 bits per heavy atom. The van der Waals surface area contributed by atoms with E-state index in [2.05, 4.69) is 40.2 Å². The molecule has 12 heteroatoms. The molecular formula is C20H34N6O4SSi. The monoisotopic (exact) mass is 482 g/mol. The number of urea groups is 1. The highest BCUT2D eigenvalue weighted by molar-refractivity contribution is 7.88. The summed E-state index contributed by atoms with van der Waals surface area (Å²) < 4.78 is 32.6. The number of ether oxygens (including phenoxy) is 1. The van der Waals surface area contributed by atoms with Gasteiger partial charge in [-0.15, -0.1) is 0 Å². The number of piperidine rings is 1. The van der Waals surface area contributed by atoms with Crippen LogP contribution in [0.1, 0.15) is 12.8 Å². The van der Waals surface area contributed by atoms with Gasteiger partial charge in [-0.05, 0) is 30.9 Å². The van der Waals surface area contributed by atoms with Gasteiger partial charge >= 0.3 is 6.03 Å². The average molecular weight is 483 g/mol. The molecule has 10 nitrogen and oxygen atoms in total. The Morgan fingerprint density at radius 2 is 2.12 bits per heavy atom. The first-order valence-electron chi connectivity index (χ1n) is 10.9. The molecule has 1 fully saturated rings. The molecule has 1 aliphatic heterocycles. The van der Waals surface area contributed by atoms with Crippen LogP contribution in [0.3, 0.4) is 0 Å². The van der Waals surface area contributed by atoms with Crippen LogP contribution >= 0.6 is 0 Å². The van der Waals surface area contributed by atoms with Gasteiger partial charge in [-0.3, -0.25) is 5.32 Å². The minimum Gasteiger partial charge on any atom is -0.361 e. The number of aromatic nitrogens is 3. The standard InChI is InChI=1S/C20H34N6O4SSi/c1-31(28,29)26-8-5-6-16(14-26)12-22-20(27)24-18-13-21-19-17(23-18)7-9-25(19)15-30-10-11-32(2,3)4/h7,9,13,16H,5-6,8,10-12,14-15H2,1-4H3,(H2,22,23,24,27). The van der Waals surface area contributed by atoms with E-state index in [0.717, 1.165) is 25.5 Å². The second-order valence-corrected chi connectivity index (χ2v) is 17.2. The molecule has 2 N–H and O–H groups in total. The summed E-state index contributed by atoms with van der Waals surface area (Å²) in [4.78, 5) is 21.2. The molecule has 0 bridgehead atoms. The zero-order chi connectivity index (χ0) is 23.4. The number of carbonyl (C=O) groups excluding carboxylic acids is 1. The van der Waals surface area contributed by atoms with E-state index in [1.165, 1.54) is 16.8 Å². The first-order chi connectivity index (χ1) is 15.0. The van der Waals surface area contributed by atoms with Gasteiger partial charge in [0.05, 0.1) is 12.5 Å². The first kappa shape index (κ1) is 24.6.